The Labute approximate surface area is 93.4 Å². The fourth-order valence-electron chi connectivity index (χ4n) is 2.11. The van der Waals surface area contributed by atoms with Gasteiger partial charge in [0.1, 0.15) is 0 Å². The molecule has 0 unspecified atom stereocenters. The number of hydrogen-bond donors (Lipinski definition) is 0. The Morgan fingerprint density at radius 1 is 1.20 bits per heavy atom. The van der Waals surface area contributed by atoms with Gasteiger partial charge >= 0.3 is 0 Å². The van der Waals surface area contributed by atoms with E-state index in [0.717, 1.165) is 12.8 Å². The van der Waals surface area contributed by atoms with E-state index in [0.29, 0.717) is 0 Å². The topological polar surface area (TPSA) is 3.24 Å². The molecule has 0 heterocycles. The highest BCUT2D eigenvalue weighted by Crippen LogP contribution is 2.29. The molecule has 0 aliphatic rings. The molecular formula is C14H21N. The molecule has 0 atom stereocenters. The molecule has 15 heavy (non-hydrogen) atoms. The Balaban J connectivity index is 3.44. The highest BCUT2D eigenvalue weighted by Gasteiger charge is 2.10. The predicted molar refractivity (Wildman–Crippen MR) is 69.6 cm³/mol. The van der Waals surface area contributed by atoms with Crippen molar-refractivity contribution in [1.82, 2.24) is 0 Å². The van der Waals surface area contributed by atoms with Crippen molar-refractivity contribution in [2.45, 2.75) is 26.7 Å². The third kappa shape index (κ3) is 2.23. The van der Waals surface area contributed by atoms with Crippen molar-refractivity contribution in [2.24, 2.45) is 0 Å². The van der Waals surface area contributed by atoms with Crippen LogP contribution in [0.25, 0.3) is 6.08 Å². The zero-order valence-electron chi connectivity index (χ0n) is 10.3. The molecule has 0 aliphatic carbocycles. The molecule has 0 saturated heterocycles. The Kier molecular flexibility index (Phi) is 3.96. The summed E-state index contributed by atoms with van der Waals surface area (Å²) in [4.78, 5) is 2.19. The summed E-state index contributed by atoms with van der Waals surface area (Å²) in [5, 5.41) is 0. The van der Waals surface area contributed by atoms with Crippen molar-refractivity contribution in [2.75, 3.05) is 19.0 Å². The minimum Gasteiger partial charge on any atom is -0.377 e. The van der Waals surface area contributed by atoms with E-state index in [1.54, 1.807) is 0 Å². The molecule has 1 nitrogen and oxygen atoms in total. The van der Waals surface area contributed by atoms with Gasteiger partial charge in [-0.25, -0.2) is 0 Å². The first-order valence-electron chi connectivity index (χ1n) is 5.60. The standard InChI is InChI=1S/C14H21N/c1-6-11-9-10-12(7-2)14(15(4)5)13(11)8-3/h7,9-10H,2,6,8H2,1,3-5H3. The van der Waals surface area contributed by atoms with Crippen LogP contribution in [0.2, 0.25) is 0 Å². The lowest BCUT2D eigenvalue weighted by molar-refractivity contribution is 1.00. The molecule has 0 aromatic heterocycles. The zero-order valence-corrected chi connectivity index (χ0v) is 10.3. The van der Waals surface area contributed by atoms with Crippen LogP contribution in [0.15, 0.2) is 18.7 Å². The van der Waals surface area contributed by atoms with E-state index >= 15 is 0 Å². The first-order valence-corrected chi connectivity index (χ1v) is 5.60. The minimum absolute atomic E-state index is 1.08. The summed E-state index contributed by atoms with van der Waals surface area (Å²) in [7, 11) is 4.20. The summed E-state index contributed by atoms with van der Waals surface area (Å²) in [6.07, 6.45) is 4.12. The third-order valence-electron chi connectivity index (χ3n) is 2.81. The van der Waals surface area contributed by atoms with Gasteiger partial charge in [0, 0.05) is 19.8 Å². The second kappa shape index (κ2) is 5.01. The molecule has 0 aliphatic heterocycles. The number of hydrogen-bond acceptors (Lipinski definition) is 1. The van der Waals surface area contributed by atoms with Crippen LogP contribution in [0.1, 0.15) is 30.5 Å². The van der Waals surface area contributed by atoms with Gasteiger partial charge in [-0.15, -0.1) is 0 Å². The van der Waals surface area contributed by atoms with E-state index in [2.05, 4.69) is 51.6 Å². The summed E-state index contributed by atoms with van der Waals surface area (Å²) in [6.45, 7) is 8.30. The predicted octanol–water partition coefficient (Wildman–Crippen LogP) is 3.52. The van der Waals surface area contributed by atoms with E-state index in [4.69, 9.17) is 0 Å². The van der Waals surface area contributed by atoms with Gasteiger partial charge in [0.25, 0.3) is 0 Å². The van der Waals surface area contributed by atoms with Crippen molar-refractivity contribution in [3.8, 4) is 0 Å². The summed E-state index contributed by atoms with van der Waals surface area (Å²) >= 11 is 0. The van der Waals surface area contributed by atoms with Crippen LogP contribution in [-0.4, -0.2) is 14.1 Å². The molecule has 1 heteroatoms. The smallest absolute Gasteiger partial charge is 0.0469 e. The summed E-state index contributed by atoms with van der Waals surface area (Å²) in [5.74, 6) is 0. The van der Waals surface area contributed by atoms with E-state index in [9.17, 15) is 0 Å². The lowest BCUT2D eigenvalue weighted by atomic mass is 9.96. The average Bonchev–Trinajstić information content (AvgIpc) is 2.26. The molecule has 1 rings (SSSR count). The Morgan fingerprint density at radius 3 is 2.27 bits per heavy atom. The summed E-state index contributed by atoms with van der Waals surface area (Å²) in [6, 6.07) is 4.39. The molecule has 0 bridgehead atoms. The highest BCUT2D eigenvalue weighted by atomic mass is 15.1. The maximum absolute atomic E-state index is 3.88. The number of rotatable bonds is 4. The molecule has 1 aromatic carbocycles. The zero-order chi connectivity index (χ0) is 11.4. The lowest BCUT2D eigenvalue weighted by Crippen LogP contribution is -2.14. The van der Waals surface area contributed by atoms with Crippen molar-refractivity contribution in [3.05, 3.63) is 35.4 Å². The van der Waals surface area contributed by atoms with Gasteiger partial charge < -0.3 is 4.90 Å². The summed E-state index contributed by atoms with van der Waals surface area (Å²) < 4.78 is 0. The largest absolute Gasteiger partial charge is 0.377 e. The van der Waals surface area contributed by atoms with Crippen molar-refractivity contribution >= 4 is 11.8 Å². The summed E-state index contributed by atoms with van der Waals surface area (Å²) in [5.41, 5.74) is 5.47. The van der Waals surface area contributed by atoms with Crippen LogP contribution in [0, 0.1) is 0 Å². The van der Waals surface area contributed by atoms with Gasteiger partial charge in [0.15, 0.2) is 0 Å². The van der Waals surface area contributed by atoms with Crippen LogP contribution in [0.4, 0.5) is 5.69 Å². The third-order valence-corrected chi connectivity index (χ3v) is 2.81. The second-order valence-electron chi connectivity index (χ2n) is 3.95. The highest BCUT2D eigenvalue weighted by molar-refractivity contribution is 5.71. The molecule has 0 fully saturated rings. The van der Waals surface area contributed by atoms with E-state index in [1.807, 2.05) is 6.08 Å². The Morgan fingerprint density at radius 2 is 1.87 bits per heavy atom. The fraction of sp³-hybridized carbons (Fsp3) is 0.429. The molecule has 1 aromatic rings. The van der Waals surface area contributed by atoms with Gasteiger partial charge in [-0.1, -0.05) is 38.6 Å². The molecule has 0 spiro atoms. The Hall–Kier alpha value is -1.24. The Bertz CT molecular complexity index is 351. The van der Waals surface area contributed by atoms with Crippen molar-refractivity contribution < 1.29 is 0 Å². The van der Waals surface area contributed by atoms with Crippen LogP contribution in [-0.2, 0) is 12.8 Å². The first-order chi connectivity index (χ1) is 7.15. The average molecular weight is 203 g/mol. The first kappa shape index (κ1) is 11.8. The SMILES string of the molecule is C=Cc1ccc(CC)c(CC)c1N(C)C. The van der Waals surface area contributed by atoms with Crippen LogP contribution < -0.4 is 4.90 Å². The van der Waals surface area contributed by atoms with Crippen LogP contribution in [0.5, 0.6) is 0 Å². The van der Waals surface area contributed by atoms with Crippen LogP contribution in [0.3, 0.4) is 0 Å². The monoisotopic (exact) mass is 203 g/mol. The maximum Gasteiger partial charge on any atom is 0.0469 e. The van der Waals surface area contributed by atoms with Gasteiger partial charge in [-0.3, -0.25) is 0 Å². The van der Waals surface area contributed by atoms with Crippen molar-refractivity contribution in [3.63, 3.8) is 0 Å². The number of nitrogens with zero attached hydrogens (tertiary/aromatic N) is 1. The fourth-order valence-corrected chi connectivity index (χ4v) is 2.11. The van der Waals surface area contributed by atoms with Gasteiger partial charge in [0.2, 0.25) is 0 Å². The van der Waals surface area contributed by atoms with E-state index < -0.39 is 0 Å². The van der Waals surface area contributed by atoms with Gasteiger partial charge in [-0.05, 0) is 29.5 Å². The van der Waals surface area contributed by atoms with E-state index in [1.165, 1.54) is 22.4 Å². The lowest BCUT2D eigenvalue weighted by Gasteiger charge is -2.22. The molecule has 0 radical (unpaired) electrons. The molecule has 0 saturated carbocycles. The van der Waals surface area contributed by atoms with E-state index in [-0.39, 0.29) is 0 Å². The normalized spacial score (nSPS) is 10.1. The van der Waals surface area contributed by atoms with Gasteiger partial charge in [-0.2, -0.15) is 0 Å². The van der Waals surface area contributed by atoms with Crippen LogP contribution >= 0.6 is 0 Å². The molecule has 0 N–H and O–H groups in total. The molecular weight excluding hydrogens is 182 g/mol. The quantitative estimate of drug-likeness (QED) is 0.723. The number of anilines is 1. The molecule has 82 valence electrons. The number of benzene rings is 1. The number of aryl methyl sites for hydroxylation is 1. The second-order valence-corrected chi connectivity index (χ2v) is 3.95. The minimum atomic E-state index is 1.08. The maximum atomic E-state index is 3.88. The van der Waals surface area contributed by atoms with Gasteiger partial charge in [0.05, 0.1) is 0 Å². The van der Waals surface area contributed by atoms with Crippen molar-refractivity contribution in [1.29, 1.82) is 0 Å². The molecule has 0 amide bonds.